The van der Waals surface area contributed by atoms with Crippen molar-refractivity contribution >= 4 is 34.2 Å². The van der Waals surface area contributed by atoms with Crippen LogP contribution in [-0.4, -0.2) is 21.3 Å². The Labute approximate surface area is 161 Å². The van der Waals surface area contributed by atoms with Crippen molar-refractivity contribution in [1.29, 1.82) is 0 Å². The zero-order chi connectivity index (χ0) is 17.8. The van der Waals surface area contributed by atoms with Gasteiger partial charge in [-0.2, -0.15) is 0 Å². The number of halogens is 2. The van der Waals surface area contributed by atoms with Crippen molar-refractivity contribution < 1.29 is 0 Å². The van der Waals surface area contributed by atoms with Gasteiger partial charge in [0, 0.05) is 25.2 Å². The number of fused-ring (bicyclic) bond motifs is 1. The highest BCUT2D eigenvalue weighted by atomic mass is 35.5. The summed E-state index contributed by atoms with van der Waals surface area (Å²) in [4.78, 5) is 4.93. The highest BCUT2D eigenvalue weighted by Gasteiger charge is 2.27. The molecule has 1 heterocycles. The lowest BCUT2D eigenvalue weighted by molar-refractivity contribution is 0.450. The molecular formula is C21H30Cl2N2. The van der Waals surface area contributed by atoms with Gasteiger partial charge in [-0.1, -0.05) is 19.4 Å². The Kier molecular flexibility index (Phi) is 6.68. The quantitative estimate of drug-likeness (QED) is 0.443. The summed E-state index contributed by atoms with van der Waals surface area (Å²) in [7, 11) is 2.14. The van der Waals surface area contributed by atoms with Gasteiger partial charge >= 0.3 is 0 Å². The molecule has 0 radical (unpaired) electrons. The molecule has 0 spiro atoms. The molecule has 1 saturated carbocycles. The minimum Gasteiger partial charge on any atom is -0.331 e. The van der Waals surface area contributed by atoms with Crippen molar-refractivity contribution in [3.05, 3.63) is 29.6 Å². The van der Waals surface area contributed by atoms with E-state index in [0.29, 0.717) is 17.7 Å². The SMILES string of the molecule is C[C@H](CCCc1nc2cc(C(CCCl)CCCl)ccc2n1C)C1CC1. The fraction of sp³-hybridized carbons (Fsp3) is 0.667. The van der Waals surface area contributed by atoms with Crippen LogP contribution in [0.1, 0.15) is 62.8 Å². The second kappa shape index (κ2) is 8.77. The first-order chi connectivity index (χ1) is 12.1. The Hall–Kier alpha value is -0.730. The molecular weight excluding hydrogens is 351 g/mol. The normalized spacial score (nSPS) is 16.0. The summed E-state index contributed by atoms with van der Waals surface area (Å²) in [5.41, 5.74) is 3.66. The van der Waals surface area contributed by atoms with Gasteiger partial charge in [0.2, 0.25) is 0 Å². The smallest absolute Gasteiger partial charge is 0.109 e. The molecule has 0 amide bonds. The Morgan fingerprint density at radius 3 is 2.52 bits per heavy atom. The molecule has 1 fully saturated rings. The van der Waals surface area contributed by atoms with Gasteiger partial charge in [0.25, 0.3) is 0 Å². The lowest BCUT2D eigenvalue weighted by Crippen LogP contribution is -2.02. The van der Waals surface area contributed by atoms with Crippen molar-refractivity contribution in [2.75, 3.05) is 11.8 Å². The van der Waals surface area contributed by atoms with Crippen LogP contribution in [0, 0.1) is 11.8 Å². The third kappa shape index (κ3) is 4.71. The molecule has 0 bridgehead atoms. The Balaban J connectivity index is 1.71. The van der Waals surface area contributed by atoms with Gasteiger partial charge in [-0.25, -0.2) is 4.98 Å². The van der Waals surface area contributed by atoms with Gasteiger partial charge in [0.1, 0.15) is 5.82 Å². The predicted molar refractivity (Wildman–Crippen MR) is 109 cm³/mol. The fourth-order valence-corrected chi connectivity index (χ4v) is 4.50. The van der Waals surface area contributed by atoms with Crippen LogP contribution in [0.25, 0.3) is 11.0 Å². The van der Waals surface area contributed by atoms with Crippen molar-refractivity contribution in [2.45, 2.75) is 57.8 Å². The zero-order valence-corrected chi connectivity index (χ0v) is 17.0. The summed E-state index contributed by atoms with van der Waals surface area (Å²) < 4.78 is 2.26. The molecule has 1 aliphatic carbocycles. The van der Waals surface area contributed by atoms with Crippen molar-refractivity contribution in [1.82, 2.24) is 9.55 Å². The molecule has 0 saturated heterocycles. The molecule has 4 heteroatoms. The van der Waals surface area contributed by atoms with Gasteiger partial charge in [-0.05, 0) is 67.6 Å². The summed E-state index contributed by atoms with van der Waals surface area (Å²) in [6, 6.07) is 6.69. The van der Waals surface area contributed by atoms with Gasteiger partial charge in [-0.3, -0.25) is 0 Å². The first-order valence-electron chi connectivity index (χ1n) is 9.71. The standard InChI is InChI=1S/C21H30Cl2N2/c1-15(16-6-7-16)4-3-5-21-24-19-14-18(8-9-20(19)25(21)2)17(10-12-22)11-13-23/h8-9,14-17H,3-7,10-13H2,1-2H3/t15-/m1/s1. The molecule has 2 aromatic rings. The molecule has 138 valence electrons. The highest BCUT2D eigenvalue weighted by molar-refractivity contribution is 6.18. The summed E-state index contributed by atoms with van der Waals surface area (Å²) in [5.74, 6) is 4.88. The summed E-state index contributed by atoms with van der Waals surface area (Å²) in [6.45, 7) is 2.41. The summed E-state index contributed by atoms with van der Waals surface area (Å²) in [5, 5.41) is 0. The first-order valence-corrected chi connectivity index (χ1v) is 10.8. The number of imidazole rings is 1. The monoisotopic (exact) mass is 380 g/mol. The molecule has 0 aliphatic heterocycles. The number of aromatic nitrogens is 2. The summed E-state index contributed by atoms with van der Waals surface area (Å²) in [6.07, 6.45) is 8.47. The van der Waals surface area contributed by atoms with Crippen LogP contribution in [0.3, 0.4) is 0 Å². The molecule has 2 nitrogen and oxygen atoms in total. The van der Waals surface area contributed by atoms with Gasteiger partial charge < -0.3 is 4.57 Å². The van der Waals surface area contributed by atoms with Gasteiger partial charge in [-0.15, -0.1) is 23.2 Å². The molecule has 3 rings (SSSR count). The van der Waals surface area contributed by atoms with Crippen molar-refractivity contribution in [3.8, 4) is 0 Å². The largest absolute Gasteiger partial charge is 0.331 e. The molecule has 25 heavy (non-hydrogen) atoms. The van der Waals surface area contributed by atoms with Gasteiger partial charge in [0.15, 0.2) is 0 Å². The second-order valence-electron chi connectivity index (χ2n) is 7.69. The van der Waals surface area contributed by atoms with Crippen LogP contribution >= 0.6 is 23.2 Å². The third-order valence-electron chi connectivity index (χ3n) is 5.87. The first kappa shape index (κ1) is 19.0. The second-order valence-corrected chi connectivity index (χ2v) is 8.45. The van der Waals surface area contributed by atoms with Crippen LogP contribution < -0.4 is 0 Å². The Bertz CT molecular complexity index is 685. The molecule has 1 aromatic carbocycles. The third-order valence-corrected chi connectivity index (χ3v) is 6.31. The highest BCUT2D eigenvalue weighted by Crippen LogP contribution is 2.38. The molecule has 1 aromatic heterocycles. The van der Waals surface area contributed by atoms with Crippen molar-refractivity contribution in [3.63, 3.8) is 0 Å². The van der Waals surface area contributed by atoms with E-state index in [1.807, 2.05) is 0 Å². The molecule has 0 unspecified atom stereocenters. The molecule has 1 aliphatic rings. The van der Waals surface area contributed by atoms with E-state index in [1.54, 1.807) is 0 Å². The number of hydrogen-bond donors (Lipinski definition) is 0. The number of hydrogen-bond acceptors (Lipinski definition) is 1. The zero-order valence-electron chi connectivity index (χ0n) is 15.5. The van der Waals surface area contributed by atoms with Crippen molar-refractivity contribution in [2.24, 2.45) is 18.9 Å². The number of nitrogens with zero attached hydrogens (tertiary/aromatic N) is 2. The fourth-order valence-electron chi connectivity index (χ4n) is 3.97. The lowest BCUT2D eigenvalue weighted by atomic mass is 9.93. The molecule has 1 atom stereocenters. The maximum Gasteiger partial charge on any atom is 0.109 e. The minimum absolute atomic E-state index is 0.434. The maximum atomic E-state index is 5.98. The van der Waals surface area contributed by atoms with E-state index in [1.165, 1.54) is 42.6 Å². The van der Waals surface area contributed by atoms with E-state index in [0.717, 1.165) is 36.6 Å². The lowest BCUT2D eigenvalue weighted by Gasteiger charge is -2.14. The predicted octanol–water partition coefficient (Wildman–Crippen LogP) is 6.28. The van der Waals surface area contributed by atoms with Crippen LogP contribution in [0.2, 0.25) is 0 Å². The van der Waals surface area contributed by atoms with E-state index in [-0.39, 0.29) is 0 Å². The maximum absolute atomic E-state index is 5.98. The Morgan fingerprint density at radius 2 is 1.88 bits per heavy atom. The van der Waals surface area contributed by atoms with Crippen LogP contribution in [-0.2, 0) is 13.5 Å². The van der Waals surface area contributed by atoms with E-state index >= 15 is 0 Å². The minimum atomic E-state index is 0.434. The average molecular weight is 381 g/mol. The van der Waals surface area contributed by atoms with Crippen LogP contribution in [0.15, 0.2) is 18.2 Å². The van der Waals surface area contributed by atoms with E-state index in [2.05, 4.69) is 36.7 Å². The average Bonchev–Trinajstić information content (AvgIpc) is 3.41. The Morgan fingerprint density at radius 1 is 1.16 bits per heavy atom. The topological polar surface area (TPSA) is 17.8 Å². The van der Waals surface area contributed by atoms with E-state index < -0.39 is 0 Å². The number of rotatable bonds is 10. The van der Waals surface area contributed by atoms with E-state index in [9.17, 15) is 0 Å². The number of alkyl halides is 2. The number of aryl methyl sites for hydroxylation is 2. The van der Waals surface area contributed by atoms with Crippen LogP contribution in [0.5, 0.6) is 0 Å². The molecule has 0 N–H and O–H groups in total. The summed E-state index contributed by atoms with van der Waals surface area (Å²) >= 11 is 12.0. The number of benzene rings is 1. The van der Waals surface area contributed by atoms with E-state index in [4.69, 9.17) is 28.2 Å². The van der Waals surface area contributed by atoms with Crippen LogP contribution in [0.4, 0.5) is 0 Å². The van der Waals surface area contributed by atoms with Gasteiger partial charge in [0.05, 0.1) is 11.0 Å².